The number of hydrogen-bond acceptors (Lipinski definition) is 8. The van der Waals surface area contributed by atoms with E-state index in [9.17, 15) is 4.79 Å². The van der Waals surface area contributed by atoms with Crippen LogP contribution < -0.4 is 0 Å². The van der Waals surface area contributed by atoms with Gasteiger partial charge in [-0.05, 0) is 6.42 Å². The normalized spacial score (nSPS) is 12.2. The Morgan fingerprint density at radius 3 is 1.90 bits per heavy atom. The number of ether oxygens (including phenoxy) is 1. The van der Waals surface area contributed by atoms with Gasteiger partial charge in [0, 0.05) is 47.7 Å². The third kappa shape index (κ3) is 6.36. The summed E-state index contributed by atoms with van der Waals surface area (Å²) in [5.41, 5.74) is 0. The zero-order chi connectivity index (χ0) is 16.4. The summed E-state index contributed by atoms with van der Waals surface area (Å²) >= 11 is 0. The molecule has 10 heteroatoms. The molecular weight excluding hydrogens is 316 g/mol. The van der Waals surface area contributed by atoms with Crippen molar-refractivity contribution in [1.82, 2.24) is 0 Å². The van der Waals surface area contributed by atoms with Gasteiger partial charge in [-0.3, -0.25) is 0 Å². The maximum Gasteiger partial charge on any atom is 0.671 e. The quantitative estimate of drug-likeness (QED) is 0.223. The molecule has 0 aliphatic heterocycles. The first-order valence-electron chi connectivity index (χ1n) is 6.22. The van der Waals surface area contributed by atoms with E-state index >= 15 is 0 Å². The molecule has 0 N–H and O–H groups in total. The molecule has 0 rings (SSSR count). The van der Waals surface area contributed by atoms with E-state index in [-0.39, 0.29) is 6.61 Å². The zero-order valence-electron chi connectivity index (χ0n) is 13.2. The molecule has 0 amide bonds. The molecule has 0 heterocycles. The number of carbonyl (C=O) groups is 1. The third-order valence-corrected chi connectivity index (χ3v) is 8.64. The Bertz CT molecular complexity index is 309. The predicted octanol–water partition coefficient (Wildman–Crippen LogP) is 0.729. The Balaban J connectivity index is 4.68. The van der Waals surface area contributed by atoms with Crippen LogP contribution in [0.3, 0.4) is 0 Å². The van der Waals surface area contributed by atoms with Gasteiger partial charge in [0.25, 0.3) is 0 Å². The van der Waals surface area contributed by atoms with Crippen LogP contribution in [0.4, 0.5) is 0 Å². The smallest absolute Gasteiger partial charge is 0.463 e. The predicted molar refractivity (Wildman–Crippen MR) is 78.2 cm³/mol. The summed E-state index contributed by atoms with van der Waals surface area (Å²) in [6.07, 6.45) is 1.60. The van der Waals surface area contributed by atoms with Crippen LogP contribution in [0.5, 0.6) is 0 Å². The van der Waals surface area contributed by atoms with Crippen molar-refractivity contribution in [2.45, 2.75) is 12.5 Å². The van der Waals surface area contributed by atoms with Crippen molar-refractivity contribution in [3.63, 3.8) is 0 Å². The minimum Gasteiger partial charge on any atom is -0.463 e. The Kier molecular flexibility index (Phi) is 9.89. The molecule has 21 heavy (non-hydrogen) atoms. The third-order valence-electron chi connectivity index (χ3n) is 2.69. The van der Waals surface area contributed by atoms with Gasteiger partial charge in [-0.2, -0.15) is 0 Å². The van der Waals surface area contributed by atoms with Crippen LogP contribution in [0.15, 0.2) is 12.7 Å². The molecule has 0 aromatic heterocycles. The maximum atomic E-state index is 11.0. The summed E-state index contributed by atoms with van der Waals surface area (Å²) < 4.78 is 37.1. The van der Waals surface area contributed by atoms with Gasteiger partial charge in [-0.25, -0.2) is 4.79 Å². The lowest BCUT2D eigenvalue weighted by Crippen LogP contribution is -2.58. The number of esters is 1. The van der Waals surface area contributed by atoms with Gasteiger partial charge in [0.05, 0.1) is 6.61 Å². The first-order valence-corrected chi connectivity index (χ1v) is 9.78. The van der Waals surface area contributed by atoms with Crippen LogP contribution in [0.25, 0.3) is 0 Å². The second-order valence-electron chi connectivity index (χ2n) is 3.78. The highest BCUT2D eigenvalue weighted by Crippen LogP contribution is 2.23. The average Bonchev–Trinajstić information content (AvgIpc) is 2.55. The van der Waals surface area contributed by atoms with E-state index in [1.807, 2.05) is 0 Å². The summed E-state index contributed by atoms with van der Waals surface area (Å²) in [6.45, 7) is 3.52. The molecule has 0 aromatic rings. The zero-order valence-corrected chi connectivity index (χ0v) is 15.2. The Morgan fingerprint density at radius 2 is 1.52 bits per heavy atom. The maximum absolute atomic E-state index is 11.0. The van der Waals surface area contributed by atoms with Crippen LogP contribution in [0.2, 0.25) is 6.04 Å². The van der Waals surface area contributed by atoms with Crippen molar-refractivity contribution in [1.29, 1.82) is 0 Å². The fourth-order valence-electron chi connectivity index (χ4n) is 1.51. The van der Waals surface area contributed by atoms with Gasteiger partial charge in [-0.15, -0.1) is 0 Å². The van der Waals surface area contributed by atoms with Crippen molar-refractivity contribution in [3.8, 4) is 0 Å². The van der Waals surface area contributed by atoms with E-state index in [0.717, 1.165) is 6.08 Å². The van der Waals surface area contributed by atoms with E-state index < -0.39 is 23.8 Å². The van der Waals surface area contributed by atoms with Crippen molar-refractivity contribution < 1.29 is 35.8 Å². The average molecular weight is 340 g/mol. The summed E-state index contributed by atoms with van der Waals surface area (Å²) in [7, 11) is 0.884. The lowest BCUT2D eigenvalue weighted by atomic mass is 10.5. The lowest BCUT2D eigenvalue weighted by Gasteiger charge is -2.33. The first-order chi connectivity index (χ1) is 9.96. The molecule has 0 atom stereocenters. The second-order valence-corrected chi connectivity index (χ2v) is 9.50. The summed E-state index contributed by atoms with van der Waals surface area (Å²) in [5.74, 6) is -0.479. The molecule has 0 aliphatic carbocycles. The van der Waals surface area contributed by atoms with Crippen molar-refractivity contribution in [2.75, 3.05) is 42.2 Å². The molecule has 0 aromatic carbocycles. The highest BCUT2D eigenvalue weighted by molar-refractivity contribution is 6.72. The highest BCUT2D eigenvalue weighted by Gasteiger charge is 2.54. The van der Waals surface area contributed by atoms with Gasteiger partial charge < -0.3 is 31.0 Å². The van der Waals surface area contributed by atoms with Gasteiger partial charge in [0.15, 0.2) is 0 Å². The van der Waals surface area contributed by atoms with Crippen LogP contribution in [-0.4, -0.2) is 66.0 Å². The van der Waals surface area contributed by atoms with Gasteiger partial charge >= 0.3 is 23.8 Å². The molecule has 0 radical (unpaired) electrons. The molecule has 0 spiro atoms. The summed E-state index contributed by atoms with van der Waals surface area (Å²) in [5, 5.41) is 0. The van der Waals surface area contributed by atoms with E-state index in [2.05, 4.69) is 6.58 Å². The molecule has 0 fully saturated rings. The monoisotopic (exact) mass is 340 g/mol. The summed E-state index contributed by atoms with van der Waals surface area (Å²) in [4.78, 5) is 11.0. The summed E-state index contributed by atoms with van der Waals surface area (Å²) in [6, 6.07) is 0.412. The standard InChI is InChI=1S/C11H24O8Si2/c1-7-11(12)18-9-8-10-20(13-2,14-3)19-21(15-4,16-5)17-6/h7H,1,8-10H2,2-6H3. The van der Waals surface area contributed by atoms with E-state index in [1.54, 1.807) is 0 Å². The fourth-order valence-corrected chi connectivity index (χ4v) is 6.76. The molecule has 8 nitrogen and oxygen atoms in total. The fraction of sp³-hybridized carbons (Fsp3) is 0.727. The van der Waals surface area contributed by atoms with Gasteiger partial charge in [0.1, 0.15) is 0 Å². The number of hydrogen-bond donors (Lipinski definition) is 0. The highest BCUT2D eigenvalue weighted by atomic mass is 28.5. The lowest BCUT2D eigenvalue weighted by molar-refractivity contribution is -0.137. The first kappa shape index (κ1) is 20.4. The number of carbonyl (C=O) groups excluding carboxylic acids is 1. The molecular formula is C11H24O8Si2. The van der Waals surface area contributed by atoms with Gasteiger partial charge in [0.2, 0.25) is 0 Å². The number of rotatable bonds is 12. The SMILES string of the molecule is C=CC(=O)OCCC[Si](OC)(OC)O[Si](OC)(OC)OC. The molecule has 124 valence electrons. The Morgan fingerprint density at radius 1 is 1.00 bits per heavy atom. The van der Waals surface area contributed by atoms with Crippen LogP contribution in [0, 0.1) is 0 Å². The Hall–Kier alpha value is -0.596. The largest absolute Gasteiger partial charge is 0.671 e. The van der Waals surface area contributed by atoms with E-state index in [4.69, 9.17) is 31.0 Å². The topological polar surface area (TPSA) is 81.7 Å². The van der Waals surface area contributed by atoms with E-state index in [1.165, 1.54) is 35.5 Å². The van der Waals surface area contributed by atoms with Crippen LogP contribution in [-0.2, 0) is 35.8 Å². The molecule has 0 bridgehead atoms. The van der Waals surface area contributed by atoms with Crippen molar-refractivity contribution in [3.05, 3.63) is 12.7 Å². The van der Waals surface area contributed by atoms with Crippen LogP contribution >= 0.6 is 0 Å². The Labute approximate surface area is 127 Å². The molecule has 0 saturated heterocycles. The minimum atomic E-state index is -3.30. The molecule has 0 unspecified atom stereocenters. The minimum absolute atomic E-state index is 0.206. The second kappa shape index (κ2) is 10.2. The van der Waals surface area contributed by atoms with Gasteiger partial charge in [-0.1, -0.05) is 6.58 Å². The van der Waals surface area contributed by atoms with Crippen molar-refractivity contribution >= 4 is 23.8 Å². The van der Waals surface area contributed by atoms with Crippen LogP contribution in [0.1, 0.15) is 6.42 Å². The van der Waals surface area contributed by atoms with Crippen molar-refractivity contribution in [2.24, 2.45) is 0 Å². The molecule has 0 aliphatic rings. The molecule has 0 saturated carbocycles. The van der Waals surface area contributed by atoms with E-state index in [0.29, 0.717) is 12.5 Å².